The number of fused-ring (bicyclic) bond motifs is 1. The van der Waals surface area contributed by atoms with Gasteiger partial charge in [0.05, 0.1) is 0 Å². The van der Waals surface area contributed by atoms with Crippen LogP contribution >= 0.6 is 26.5 Å². The molecule has 0 heterocycles. The van der Waals surface area contributed by atoms with Crippen LogP contribution in [0.5, 0.6) is 0 Å². The van der Waals surface area contributed by atoms with Gasteiger partial charge in [0.15, 0.2) is 0 Å². The van der Waals surface area contributed by atoms with Crippen molar-refractivity contribution < 1.29 is 17.0 Å². The molecule has 0 spiro atoms. The third kappa shape index (κ3) is 7.72. The molecule has 0 aliphatic heterocycles. The molecule has 0 atom stereocenters. The maximum atomic E-state index is 4.89. The van der Waals surface area contributed by atoms with Gasteiger partial charge in [-0.05, 0) is 10.3 Å². The molecule has 0 unspecified atom stereocenters. The summed E-state index contributed by atoms with van der Waals surface area (Å²) in [4.78, 5) is 0. The molecular formula is C27H39Cl2PTi-2. The van der Waals surface area contributed by atoms with E-state index in [4.69, 9.17) is 18.6 Å². The van der Waals surface area contributed by atoms with Crippen molar-refractivity contribution in [3.63, 3.8) is 0 Å². The van der Waals surface area contributed by atoms with Crippen LogP contribution in [-0.2, 0) is 17.0 Å². The average molecular weight is 513 g/mol. The van der Waals surface area contributed by atoms with Crippen LogP contribution in [0, 0.1) is 34.6 Å². The van der Waals surface area contributed by atoms with Crippen molar-refractivity contribution in [3.8, 4) is 0 Å². The van der Waals surface area contributed by atoms with E-state index in [1.165, 1.54) is 38.6 Å². The van der Waals surface area contributed by atoms with E-state index in [9.17, 15) is 0 Å². The number of hydrogen-bond acceptors (Lipinski definition) is 0. The zero-order valence-corrected chi connectivity index (χ0v) is 25.1. The van der Waals surface area contributed by atoms with E-state index in [1.807, 2.05) is 0 Å². The van der Waals surface area contributed by atoms with E-state index < -0.39 is 17.0 Å². The van der Waals surface area contributed by atoms with Crippen molar-refractivity contribution >= 4 is 42.6 Å². The van der Waals surface area contributed by atoms with Crippen molar-refractivity contribution in [2.24, 2.45) is 0 Å². The van der Waals surface area contributed by atoms with Crippen molar-refractivity contribution in [2.75, 3.05) is 0 Å². The molecule has 0 fully saturated rings. The average Bonchev–Trinajstić information content (AvgIpc) is 3.12. The molecule has 4 heteroatoms. The third-order valence-electron chi connectivity index (χ3n) is 6.02. The van der Waals surface area contributed by atoms with E-state index in [2.05, 4.69) is 113 Å². The quantitative estimate of drug-likeness (QED) is 0.173. The van der Waals surface area contributed by atoms with Gasteiger partial charge >= 0.3 is 35.6 Å². The Bertz CT molecular complexity index is 840. The number of hydrogen-bond donors (Lipinski definition) is 0. The molecular weight excluding hydrogens is 474 g/mol. The zero-order chi connectivity index (χ0) is 24.1. The summed E-state index contributed by atoms with van der Waals surface area (Å²) in [5.74, 6) is 0. The van der Waals surface area contributed by atoms with Gasteiger partial charge in [-0.3, -0.25) is 0 Å². The molecule has 0 nitrogen and oxygen atoms in total. The van der Waals surface area contributed by atoms with E-state index in [-0.39, 0.29) is 7.92 Å². The van der Waals surface area contributed by atoms with E-state index in [1.54, 1.807) is 5.30 Å². The predicted molar refractivity (Wildman–Crippen MR) is 143 cm³/mol. The molecule has 0 aliphatic carbocycles. The molecule has 3 aromatic carbocycles. The monoisotopic (exact) mass is 512 g/mol. The second kappa shape index (κ2) is 11.9. The van der Waals surface area contributed by atoms with Crippen LogP contribution < -0.4 is 5.30 Å². The Morgan fingerprint density at radius 3 is 1.58 bits per heavy atom. The van der Waals surface area contributed by atoms with Crippen LogP contribution in [0.1, 0.15) is 69.4 Å². The second-order valence-corrected chi connectivity index (χ2v) is 16.7. The molecule has 0 saturated carbocycles. The third-order valence-corrected chi connectivity index (χ3v) is 9.47. The van der Waals surface area contributed by atoms with Crippen LogP contribution in [0.25, 0.3) is 10.8 Å². The molecule has 0 aliphatic rings. The van der Waals surface area contributed by atoms with Gasteiger partial charge in [0.25, 0.3) is 0 Å². The fraction of sp³-hybridized carbons (Fsp3) is 0.481. The molecule has 0 bridgehead atoms. The summed E-state index contributed by atoms with van der Waals surface area (Å²) in [6.45, 7) is 25.3. The predicted octanol–water partition coefficient (Wildman–Crippen LogP) is 9.59. The number of benzene rings is 1. The van der Waals surface area contributed by atoms with Gasteiger partial charge in [-0.1, -0.05) is 90.1 Å². The van der Waals surface area contributed by atoms with Crippen LogP contribution in [0.2, 0.25) is 0 Å². The minimum atomic E-state index is -0.556. The van der Waals surface area contributed by atoms with Gasteiger partial charge in [0.2, 0.25) is 0 Å². The SMILES string of the molecule is CC(C)(C)P(c1cc2ccccc2[cH-]1)C(C)(C)C.Cc1c(C)c(C)[c-](C)c1C.[Cl][Ti][Cl]. The first-order valence-electron chi connectivity index (χ1n) is 10.8. The van der Waals surface area contributed by atoms with Crippen LogP contribution in [0.15, 0.2) is 36.4 Å². The first kappa shape index (κ1) is 28.9. The normalized spacial score (nSPS) is 11.7. The van der Waals surface area contributed by atoms with Gasteiger partial charge in [-0.15, -0.1) is 40.3 Å². The second-order valence-electron chi connectivity index (χ2n) is 10.2. The fourth-order valence-electron chi connectivity index (χ4n) is 4.45. The van der Waals surface area contributed by atoms with Crippen LogP contribution in [0.4, 0.5) is 0 Å². The number of halogens is 2. The summed E-state index contributed by atoms with van der Waals surface area (Å²) < 4.78 is 0. The summed E-state index contributed by atoms with van der Waals surface area (Å²) in [6, 6.07) is 13.5. The van der Waals surface area contributed by atoms with Crippen LogP contribution in [0.3, 0.4) is 0 Å². The summed E-state index contributed by atoms with van der Waals surface area (Å²) in [6.07, 6.45) is 0. The van der Waals surface area contributed by atoms with Crippen molar-refractivity contribution in [3.05, 3.63) is 64.2 Å². The molecule has 0 radical (unpaired) electrons. The van der Waals surface area contributed by atoms with E-state index in [0.717, 1.165) is 0 Å². The molecule has 0 amide bonds. The van der Waals surface area contributed by atoms with Gasteiger partial charge in [0.1, 0.15) is 0 Å². The van der Waals surface area contributed by atoms with Crippen molar-refractivity contribution in [1.82, 2.24) is 0 Å². The summed E-state index contributed by atoms with van der Waals surface area (Å²) in [7, 11) is 9.59. The molecule has 0 N–H and O–H groups in total. The standard InChI is InChI=1S/C17H24P.C10H15.2ClH.Ti/c1-16(2,3)18(17(4,5)6)15-11-13-9-7-8-10-14(13)12-15;1-6-7(2)9(4)10(5)8(6)3;;;/h7-12H,1-6H3;1-5H3;2*1H;/q2*-1;;;+2/p-2. The Labute approximate surface area is 209 Å². The van der Waals surface area contributed by atoms with E-state index in [0.29, 0.717) is 10.3 Å². The van der Waals surface area contributed by atoms with Crippen molar-refractivity contribution in [1.29, 1.82) is 0 Å². The van der Waals surface area contributed by atoms with Gasteiger partial charge in [-0.25, -0.2) is 0 Å². The molecule has 172 valence electrons. The summed E-state index contributed by atoms with van der Waals surface area (Å²) in [5, 5.41) is 5.00. The van der Waals surface area contributed by atoms with Gasteiger partial charge in [-0.2, -0.15) is 33.9 Å². The topological polar surface area (TPSA) is 0 Å². The molecule has 31 heavy (non-hydrogen) atoms. The van der Waals surface area contributed by atoms with E-state index >= 15 is 0 Å². The first-order chi connectivity index (χ1) is 14.2. The summed E-state index contributed by atoms with van der Waals surface area (Å²) in [5.41, 5.74) is 7.34. The molecule has 3 rings (SSSR count). The van der Waals surface area contributed by atoms with Gasteiger partial charge < -0.3 is 0 Å². The first-order valence-corrected chi connectivity index (χ1v) is 16.4. The van der Waals surface area contributed by atoms with Crippen molar-refractivity contribution in [2.45, 2.75) is 86.5 Å². The molecule has 0 saturated heterocycles. The summed E-state index contributed by atoms with van der Waals surface area (Å²) >= 11 is -0.556. The zero-order valence-electron chi connectivity index (χ0n) is 21.2. The Morgan fingerprint density at radius 1 is 0.839 bits per heavy atom. The number of rotatable bonds is 1. The molecule has 3 aromatic rings. The fourth-order valence-corrected chi connectivity index (χ4v) is 8.55. The van der Waals surface area contributed by atoms with Gasteiger partial charge in [0, 0.05) is 0 Å². The Balaban J connectivity index is 0.000000311. The maximum absolute atomic E-state index is 4.89. The van der Waals surface area contributed by atoms with Crippen LogP contribution in [-0.4, -0.2) is 10.3 Å². The Kier molecular flexibility index (Phi) is 11.1. The minimum absolute atomic E-state index is 0.185. The molecule has 0 aromatic heterocycles. The Morgan fingerprint density at radius 2 is 1.26 bits per heavy atom. The Hall–Kier alpha value is -0.0957.